The van der Waals surface area contributed by atoms with Crippen LogP contribution in [0.1, 0.15) is 58.3 Å². The van der Waals surface area contributed by atoms with Crippen molar-refractivity contribution in [3.8, 4) is 0 Å². The van der Waals surface area contributed by atoms with E-state index >= 15 is 0 Å². The quantitative estimate of drug-likeness (QED) is 0.448. The largest absolute Gasteiger partial charge is 0.314 e. The maximum atomic E-state index is 3.76. The molecule has 1 nitrogen and oxygen atoms in total. The van der Waals surface area contributed by atoms with E-state index in [1.54, 1.807) is 0 Å². The molecule has 0 heterocycles. The molecular weight excluding hydrogens is 182 g/mol. The molecule has 1 aliphatic rings. The number of allylic oxidation sites excluding steroid dienone is 1. The van der Waals surface area contributed by atoms with Crippen LogP contribution < -0.4 is 5.32 Å². The summed E-state index contributed by atoms with van der Waals surface area (Å²) >= 11 is 0. The highest BCUT2D eigenvalue weighted by molar-refractivity contribution is 4.82. The molecule has 1 N–H and O–H groups in total. The third-order valence-electron chi connectivity index (χ3n) is 3.61. The molecule has 0 bridgehead atoms. The molecule has 1 fully saturated rings. The van der Waals surface area contributed by atoms with E-state index in [-0.39, 0.29) is 0 Å². The Balaban J connectivity index is 2.05. The van der Waals surface area contributed by atoms with E-state index in [0.29, 0.717) is 0 Å². The molecule has 0 spiro atoms. The van der Waals surface area contributed by atoms with Gasteiger partial charge in [-0.3, -0.25) is 0 Å². The third-order valence-corrected chi connectivity index (χ3v) is 3.61. The molecule has 0 aromatic heterocycles. The first-order valence-corrected chi connectivity index (χ1v) is 6.72. The minimum atomic E-state index is 0.812. The second kappa shape index (κ2) is 7.92. The second-order valence-electron chi connectivity index (χ2n) is 4.78. The van der Waals surface area contributed by atoms with Gasteiger partial charge in [-0.2, -0.15) is 0 Å². The van der Waals surface area contributed by atoms with Gasteiger partial charge in [-0.25, -0.2) is 0 Å². The van der Waals surface area contributed by atoms with E-state index in [1.807, 2.05) is 6.08 Å². The SMILES string of the molecule is C=CCCCCCC(NCC)C1CCC1. The summed E-state index contributed by atoms with van der Waals surface area (Å²) < 4.78 is 0. The highest BCUT2D eigenvalue weighted by atomic mass is 14.9. The van der Waals surface area contributed by atoms with Crippen LogP contribution in [-0.4, -0.2) is 12.6 Å². The first-order chi connectivity index (χ1) is 7.38. The molecular formula is C14H27N. The summed E-state index contributed by atoms with van der Waals surface area (Å²) in [4.78, 5) is 0. The lowest BCUT2D eigenvalue weighted by Crippen LogP contribution is -2.39. The summed E-state index contributed by atoms with van der Waals surface area (Å²) in [6.45, 7) is 7.12. The Bertz CT molecular complexity index is 161. The van der Waals surface area contributed by atoms with E-state index in [0.717, 1.165) is 18.5 Å². The van der Waals surface area contributed by atoms with Crippen LogP contribution in [-0.2, 0) is 0 Å². The van der Waals surface area contributed by atoms with E-state index in [4.69, 9.17) is 0 Å². The van der Waals surface area contributed by atoms with Crippen molar-refractivity contribution in [2.45, 2.75) is 64.3 Å². The fourth-order valence-corrected chi connectivity index (χ4v) is 2.44. The van der Waals surface area contributed by atoms with Crippen molar-refractivity contribution < 1.29 is 0 Å². The van der Waals surface area contributed by atoms with Crippen molar-refractivity contribution in [2.75, 3.05) is 6.54 Å². The predicted octanol–water partition coefficient (Wildman–Crippen LogP) is 3.90. The number of unbranched alkanes of at least 4 members (excludes halogenated alkanes) is 3. The van der Waals surface area contributed by atoms with Crippen LogP contribution in [0.5, 0.6) is 0 Å². The molecule has 0 aromatic rings. The van der Waals surface area contributed by atoms with Crippen molar-refractivity contribution in [1.29, 1.82) is 0 Å². The molecule has 0 aromatic carbocycles. The van der Waals surface area contributed by atoms with Crippen molar-refractivity contribution in [1.82, 2.24) is 5.32 Å². The van der Waals surface area contributed by atoms with Gasteiger partial charge in [0.1, 0.15) is 0 Å². The first kappa shape index (κ1) is 12.8. The zero-order valence-electron chi connectivity index (χ0n) is 10.3. The van der Waals surface area contributed by atoms with E-state index in [1.165, 1.54) is 51.4 Å². The number of hydrogen-bond acceptors (Lipinski definition) is 1. The van der Waals surface area contributed by atoms with E-state index < -0.39 is 0 Å². The van der Waals surface area contributed by atoms with Gasteiger partial charge < -0.3 is 5.32 Å². The molecule has 1 saturated carbocycles. The maximum Gasteiger partial charge on any atom is 0.00952 e. The summed E-state index contributed by atoms with van der Waals surface area (Å²) in [5.41, 5.74) is 0. The normalized spacial score (nSPS) is 18.5. The van der Waals surface area contributed by atoms with Crippen molar-refractivity contribution in [3.63, 3.8) is 0 Å². The fourth-order valence-electron chi connectivity index (χ4n) is 2.44. The topological polar surface area (TPSA) is 12.0 Å². The predicted molar refractivity (Wildman–Crippen MR) is 68.1 cm³/mol. The average Bonchev–Trinajstić information content (AvgIpc) is 2.15. The first-order valence-electron chi connectivity index (χ1n) is 6.72. The standard InChI is InChI=1S/C14H27N/c1-3-5-6-7-8-12-14(15-4-2)13-10-9-11-13/h3,13-15H,1,4-12H2,2H3. The van der Waals surface area contributed by atoms with Crippen LogP contribution in [0.15, 0.2) is 12.7 Å². The Morgan fingerprint density at radius 3 is 2.67 bits per heavy atom. The Kier molecular flexibility index (Phi) is 6.74. The van der Waals surface area contributed by atoms with Gasteiger partial charge in [0, 0.05) is 6.04 Å². The summed E-state index contributed by atoms with van der Waals surface area (Å²) in [6, 6.07) is 0.812. The highest BCUT2D eigenvalue weighted by Crippen LogP contribution is 2.31. The summed E-state index contributed by atoms with van der Waals surface area (Å²) in [7, 11) is 0. The zero-order valence-corrected chi connectivity index (χ0v) is 10.3. The molecule has 0 aliphatic heterocycles. The lowest BCUT2D eigenvalue weighted by Gasteiger charge is -2.34. The molecule has 1 unspecified atom stereocenters. The molecule has 1 heteroatoms. The molecule has 1 rings (SSSR count). The summed E-state index contributed by atoms with van der Waals surface area (Å²) in [5, 5.41) is 3.66. The van der Waals surface area contributed by atoms with E-state index in [2.05, 4.69) is 18.8 Å². The molecule has 0 radical (unpaired) electrons. The lowest BCUT2D eigenvalue weighted by atomic mass is 9.78. The van der Waals surface area contributed by atoms with Gasteiger partial charge >= 0.3 is 0 Å². The average molecular weight is 209 g/mol. The van der Waals surface area contributed by atoms with Crippen LogP contribution >= 0.6 is 0 Å². The Labute approximate surface area is 95.3 Å². The molecule has 0 saturated heterocycles. The van der Waals surface area contributed by atoms with Gasteiger partial charge in [-0.15, -0.1) is 6.58 Å². The second-order valence-corrected chi connectivity index (χ2v) is 4.78. The van der Waals surface area contributed by atoms with Crippen LogP contribution in [0.4, 0.5) is 0 Å². The van der Waals surface area contributed by atoms with Crippen molar-refractivity contribution in [3.05, 3.63) is 12.7 Å². The monoisotopic (exact) mass is 209 g/mol. The maximum absolute atomic E-state index is 3.76. The van der Waals surface area contributed by atoms with E-state index in [9.17, 15) is 0 Å². The molecule has 15 heavy (non-hydrogen) atoms. The Morgan fingerprint density at radius 1 is 1.33 bits per heavy atom. The molecule has 1 atom stereocenters. The number of hydrogen-bond donors (Lipinski definition) is 1. The fraction of sp³-hybridized carbons (Fsp3) is 0.857. The van der Waals surface area contributed by atoms with Crippen molar-refractivity contribution in [2.24, 2.45) is 5.92 Å². The molecule has 88 valence electrons. The molecule has 0 amide bonds. The number of rotatable bonds is 9. The Morgan fingerprint density at radius 2 is 2.13 bits per heavy atom. The minimum absolute atomic E-state index is 0.812. The Hall–Kier alpha value is -0.300. The van der Waals surface area contributed by atoms with Gasteiger partial charge in [0.25, 0.3) is 0 Å². The van der Waals surface area contributed by atoms with Gasteiger partial charge in [-0.1, -0.05) is 32.3 Å². The third kappa shape index (κ3) is 4.83. The van der Waals surface area contributed by atoms with Gasteiger partial charge in [0.15, 0.2) is 0 Å². The van der Waals surface area contributed by atoms with Crippen molar-refractivity contribution >= 4 is 0 Å². The van der Waals surface area contributed by atoms with Gasteiger partial charge in [0.2, 0.25) is 0 Å². The smallest absolute Gasteiger partial charge is 0.00952 e. The summed E-state index contributed by atoms with van der Waals surface area (Å²) in [5.74, 6) is 0.990. The van der Waals surface area contributed by atoms with Crippen LogP contribution in [0.2, 0.25) is 0 Å². The molecule has 1 aliphatic carbocycles. The van der Waals surface area contributed by atoms with Gasteiger partial charge in [0.05, 0.1) is 0 Å². The van der Waals surface area contributed by atoms with Crippen LogP contribution in [0, 0.1) is 5.92 Å². The summed E-state index contributed by atoms with van der Waals surface area (Å²) in [6.07, 6.45) is 13.1. The number of nitrogens with one attached hydrogen (secondary N) is 1. The minimum Gasteiger partial charge on any atom is -0.314 e. The zero-order chi connectivity index (χ0) is 10.9. The van der Waals surface area contributed by atoms with Gasteiger partial charge in [-0.05, 0) is 44.6 Å². The lowest BCUT2D eigenvalue weighted by molar-refractivity contribution is 0.218. The van der Waals surface area contributed by atoms with Crippen LogP contribution in [0.25, 0.3) is 0 Å². The van der Waals surface area contributed by atoms with Crippen LogP contribution in [0.3, 0.4) is 0 Å². The highest BCUT2D eigenvalue weighted by Gasteiger charge is 2.25.